The minimum Gasteiger partial charge on any atom is -0.462 e. The zero-order chi connectivity index (χ0) is 46.7. The molecular formula is C58H105NO5. The summed E-state index contributed by atoms with van der Waals surface area (Å²) in [6, 6.07) is -0.714. The molecule has 1 amide bonds. The summed E-state index contributed by atoms with van der Waals surface area (Å²) in [5.74, 6) is -0.508. The van der Waals surface area contributed by atoms with Crippen LogP contribution >= 0.6 is 0 Å². The average Bonchev–Trinajstić information content (AvgIpc) is 3.29. The number of hydrogen-bond acceptors (Lipinski definition) is 5. The molecule has 0 bridgehead atoms. The normalized spacial score (nSPS) is 13.6. The minimum atomic E-state index is -0.798. The van der Waals surface area contributed by atoms with Gasteiger partial charge in [-0.1, -0.05) is 236 Å². The second-order valence-electron chi connectivity index (χ2n) is 18.7. The number of hydrogen-bond donors (Lipinski definition) is 3. The van der Waals surface area contributed by atoms with Gasteiger partial charge in [-0.05, 0) is 83.5 Å². The van der Waals surface area contributed by atoms with Crippen LogP contribution in [0.1, 0.15) is 271 Å². The van der Waals surface area contributed by atoms with Crippen LogP contribution in [0.25, 0.3) is 0 Å². The molecule has 0 aromatic heterocycles. The highest BCUT2D eigenvalue weighted by Crippen LogP contribution is 2.17. The molecule has 0 aromatic rings. The van der Waals surface area contributed by atoms with Crippen molar-refractivity contribution >= 4 is 11.9 Å². The molecule has 0 aliphatic carbocycles. The number of amides is 1. The lowest BCUT2D eigenvalue weighted by atomic mass is 10.0. The van der Waals surface area contributed by atoms with Crippen LogP contribution in [0.15, 0.2) is 60.8 Å². The molecule has 0 radical (unpaired) electrons. The van der Waals surface area contributed by atoms with Gasteiger partial charge in [0.15, 0.2) is 0 Å². The summed E-state index contributed by atoms with van der Waals surface area (Å²) in [5, 5.41) is 23.7. The Morgan fingerprint density at radius 3 is 1.36 bits per heavy atom. The summed E-state index contributed by atoms with van der Waals surface area (Å²) in [6.07, 6.45) is 64.2. The first-order valence-corrected chi connectivity index (χ1v) is 27.5. The summed E-state index contributed by atoms with van der Waals surface area (Å²) in [4.78, 5) is 26.2. The maximum absolute atomic E-state index is 13.2. The molecular weight excluding hydrogens is 791 g/mol. The quantitative estimate of drug-likeness (QED) is 0.0245. The van der Waals surface area contributed by atoms with E-state index in [9.17, 15) is 19.8 Å². The van der Waals surface area contributed by atoms with E-state index in [1.807, 2.05) is 0 Å². The van der Waals surface area contributed by atoms with Crippen molar-refractivity contribution in [1.82, 2.24) is 5.32 Å². The second-order valence-corrected chi connectivity index (χ2v) is 18.7. The fourth-order valence-electron chi connectivity index (χ4n) is 8.17. The average molecular weight is 896 g/mol. The van der Waals surface area contributed by atoms with Crippen molar-refractivity contribution in [3.05, 3.63) is 60.8 Å². The number of aliphatic hydroxyl groups excluding tert-OH is 2. The van der Waals surface area contributed by atoms with Crippen molar-refractivity contribution in [2.24, 2.45) is 0 Å². The first-order valence-electron chi connectivity index (χ1n) is 27.5. The number of ether oxygens (including phenoxy) is 1. The second kappa shape index (κ2) is 51.5. The molecule has 0 aliphatic heterocycles. The summed E-state index contributed by atoms with van der Waals surface area (Å²) in [6.45, 7) is 6.43. The number of carbonyl (C=O) groups excluding carboxylic acids is 2. The van der Waals surface area contributed by atoms with Gasteiger partial charge in [0.05, 0.1) is 25.2 Å². The number of rotatable bonds is 49. The Morgan fingerprint density at radius 1 is 0.469 bits per heavy atom. The Labute approximate surface area is 397 Å². The van der Waals surface area contributed by atoms with Gasteiger partial charge in [0.25, 0.3) is 0 Å². The first kappa shape index (κ1) is 61.6. The third-order valence-corrected chi connectivity index (χ3v) is 12.4. The smallest absolute Gasteiger partial charge is 0.306 e. The molecule has 0 fully saturated rings. The minimum absolute atomic E-state index is 0.0526. The summed E-state index contributed by atoms with van der Waals surface area (Å²) < 4.78 is 5.93. The predicted octanol–water partition coefficient (Wildman–Crippen LogP) is 16.8. The first-order chi connectivity index (χ1) is 31.5. The number of carbonyl (C=O) groups is 2. The molecule has 0 aliphatic rings. The van der Waals surface area contributed by atoms with Gasteiger partial charge in [-0.2, -0.15) is 0 Å². The van der Waals surface area contributed by atoms with Gasteiger partial charge in [-0.3, -0.25) is 9.59 Å². The third-order valence-electron chi connectivity index (χ3n) is 12.4. The van der Waals surface area contributed by atoms with Crippen molar-refractivity contribution < 1.29 is 24.5 Å². The van der Waals surface area contributed by atoms with E-state index in [4.69, 9.17) is 4.74 Å². The van der Waals surface area contributed by atoms with Gasteiger partial charge < -0.3 is 20.3 Å². The van der Waals surface area contributed by atoms with E-state index in [0.717, 1.165) is 77.0 Å². The summed E-state index contributed by atoms with van der Waals surface area (Å²) in [5.41, 5.74) is 0. The Balaban J connectivity index is 4.61. The topological polar surface area (TPSA) is 95.9 Å². The lowest BCUT2D eigenvalue weighted by Crippen LogP contribution is -2.46. The Morgan fingerprint density at radius 2 is 0.859 bits per heavy atom. The molecule has 0 heterocycles. The SMILES string of the molecule is CCCCC/C=C\C/C=C\CCCCCCCCCCCC(=O)OC(CCCCC/C=C/C=C/C=C/CCCCCCC)CC(=O)NC(CO)C(O)CCCCCCCCCCCC. The fraction of sp³-hybridized carbons (Fsp3) is 0.793. The molecule has 6 heteroatoms. The molecule has 0 rings (SSSR count). The van der Waals surface area contributed by atoms with E-state index in [0.29, 0.717) is 19.3 Å². The number of allylic oxidation sites excluding steroid dienone is 10. The van der Waals surface area contributed by atoms with E-state index in [1.54, 1.807) is 0 Å². The number of esters is 1. The molecule has 6 nitrogen and oxygen atoms in total. The molecule has 3 N–H and O–H groups in total. The van der Waals surface area contributed by atoms with Gasteiger partial charge in [-0.15, -0.1) is 0 Å². The van der Waals surface area contributed by atoms with Crippen LogP contribution in [0.2, 0.25) is 0 Å². The molecule has 3 unspecified atom stereocenters. The maximum atomic E-state index is 13.2. The Bertz CT molecular complexity index is 1140. The third kappa shape index (κ3) is 46.1. The lowest BCUT2D eigenvalue weighted by Gasteiger charge is -2.24. The largest absolute Gasteiger partial charge is 0.462 e. The van der Waals surface area contributed by atoms with E-state index < -0.39 is 18.2 Å². The fourth-order valence-corrected chi connectivity index (χ4v) is 8.17. The predicted molar refractivity (Wildman–Crippen MR) is 278 cm³/mol. The van der Waals surface area contributed by atoms with E-state index in [1.165, 1.54) is 148 Å². The Hall–Kier alpha value is -2.44. The molecule has 0 saturated carbocycles. The van der Waals surface area contributed by atoms with Crippen LogP contribution in [-0.2, 0) is 14.3 Å². The highest BCUT2D eigenvalue weighted by molar-refractivity contribution is 5.77. The molecule has 372 valence electrons. The van der Waals surface area contributed by atoms with Gasteiger partial charge in [0.2, 0.25) is 5.91 Å². The van der Waals surface area contributed by atoms with Gasteiger partial charge in [0.1, 0.15) is 6.10 Å². The number of nitrogens with one attached hydrogen (secondary N) is 1. The van der Waals surface area contributed by atoms with Crippen molar-refractivity contribution in [1.29, 1.82) is 0 Å². The van der Waals surface area contributed by atoms with Crippen LogP contribution in [0.3, 0.4) is 0 Å². The van der Waals surface area contributed by atoms with Gasteiger partial charge >= 0.3 is 5.97 Å². The highest BCUT2D eigenvalue weighted by Gasteiger charge is 2.24. The van der Waals surface area contributed by atoms with Crippen molar-refractivity contribution in [2.45, 2.75) is 289 Å². The molecule has 3 atom stereocenters. The molecule has 0 saturated heterocycles. The van der Waals surface area contributed by atoms with Crippen LogP contribution in [0, 0.1) is 0 Å². The monoisotopic (exact) mass is 896 g/mol. The standard InChI is InChI=1S/C58H105NO5/c1-4-7-10-13-16-19-22-24-26-28-29-30-32-34-36-39-42-45-48-51-58(63)64-54(49-46-43-40-37-35-33-31-27-25-23-20-17-14-11-8-5-2)52-57(62)59-55(53-60)56(61)50-47-44-41-38-21-18-15-12-9-6-3/h16,19,23-27,31,33,35,54-56,60-61H,4-15,17-18,20-22,28-30,32,34,36-53H2,1-3H3,(H,59,62)/b19-16-,25-23+,26-24-,31-27+,35-33+. The highest BCUT2D eigenvalue weighted by atomic mass is 16.5. The maximum Gasteiger partial charge on any atom is 0.306 e. The van der Waals surface area contributed by atoms with Gasteiger partial charge in [-0.25, -0.2) is 0 Å². The zero-order valence-electron chi connectivity index (χ0n) is 42.4. The van der Waals surface area contributed by atoms with Crippen LogP contribution in [-0.4, -0.2) is 46.9 Å². The van der Waals surface area contributed by atoms with Crippen molar-refractivity contribution in [3.63, 3.8) is 0 Å². The lowest BCUT2D eigenvalue weighted by molar-refractivity contribution is -0.151. The van der Waals surface area contributed by atoms with Crippen LogP contribution in [0.4, 0.5) is 0 Å². The zero-order valence-corrected chi connectivity index (χ0v) is 42.4. The van der Waals surface area contributed by atoms with Crippen LogP contribution < -0.4 is 5.32 Å². The van der Waals surface area contributed by atoms with Crippen molar-refractivity contribution in [3.8, 4) is 0 Å². The van der Waals surface area contributed by atoms with E-state index in [2.05, 4.69) is 86.8 Å². The number of unbranched alkanes of at least 4 members (excludes halogenated alkanes) is 29. The molecule has 64 heavy (non-hydrogen) atoms. The van der Waals surface area contributed by atoms with Gasteiger partial charge in [0, 0.05) is 6.42 Å². The Kier molecular flexibility index (Phi) is 49.6. The summed E-state index contributed by atoms with van der Waals surface area (Å²) in [7, 11) is 0. The van der Waals surface area contributed by atoms with Crippen molar-refractivity contribution in [2.75, 3.05) is 6.61 Å². The molecule has 0 aromatic carbocycles. The molecule has 0 spiro atoms. The van der Waals surface area contributed by atoms with E-state index >= 15 is 0 Å². The number of aliphatic hydroxyl groups is 2. The summed E-state index contributed by atoms with van der Waals surface area (Å²) >= 11 is 0. The van der Waals surface area contributed by atoms with E-state index in [-0.39, 0.29) is 24.9 Å². The van der Waals surface area contributed by atoms with Crippen LogP contribution in [0.5, 0.6) is 0 Å².